The Morgan fingerprint density at radius 3 is 2.80 bits per heavy atom. The standard InChI is InChI=1S/C21H25N7OS/c1-2-22-21-28-27-20(30-21)15-7-6-14(11-15)12-17-8-9-18(26-25-17)24-19(29)13-16-5-3-4-10-23-16/h3-5,8-10,14-15H,2,6-7,11-13H2,1H3,(H,22,28)(H,24,26,29)/t14?,15-/m1/s1. The molecule has 1 saturated carbocycles. The third-order valence-electron chi connectivity index (χ3n) is 5.21. The smallest absolute Gasteiger partial charge is 0.231 e. The Kier molecular flexibility index (Phi) is 6.58. The van der Waals surface area contributed by atoms with Gasteiger partial charge in [-0.2, -0.15) is 5.10 Å². The molecule has 0 bridgehead atoms. The summed E-state index contributed by atoms with van der Waals surface area (Å²) >= 11 is 1.67. The number of carbonyl (C=O) groups excluding carboxylic acids is 1. The maximum atomic E-state index is 12.1. The van der Waals surface area contributed by atoms with Gasteiger partial charge in [-0.3, -0.25) is 9.78 Å². The summed E-state index contributed by atoms with van der Waals surface area (Å²) in [6.45, 7) is 2.92. The Morgan fingerprint density at radius 2 is 2.03 bits per heavy atom. The second-order valence-electron chi connectivity index (χ2n) is 7.51. The summed E-state index contributed by atoms with van der Waals surface area (Å²) in [6, 6.07) is 9.28. The number of nitrogens with one attached hydrogen (secondary N) is 2. The second-order valence-corrected chi connectivity index (χ2v) is 8.52. The number of nitrogens with zero attached hydrogens (tertiary/aromatic N) is 5. The summed E-state index contributed by atoms with van der Waals surface area (Å²) in [7, 11) is 0. The van der Waals surface area contributed by atoms with Crippen LogP contribution in [0, 0.1) is 5.92 Å². The van der Waals surface area contributed by atoms with Crippen LogP contribution in [0.5, 0.6) is 0 Å². The molecule has 1 aliphatic carbocycles. The fourth-order valence-corrected chi connectivity index (χ4v) is 4.75. The van der Waals surface area contributed by atoms with Crippen LogP contribution in [0.15, 0.2) is 36.5 Å². The summed E-state index contributed by atoms with van der Waals surface area (Å²) in [5, 5.41) is 25.1. The molecule has 9 heteroatoms. The third-order valence-corrected chi connectivity index (χ3v) is 6.26. The molecule has 0 aromatic carbocycles. The number of amides is 1. The number of aromatic nitrogens is 5. The number of pyridine rings is 1. The van der Waals surface area contributed by atoms with Crippen LogP contribution < -0.4 is 10.6 Å². The molecule has 0 radical (unpaired) electrons. The van der Waals surface area contributed by atoms with Gasteiger partial charge < -0.3 is 10.6 Å². The van der Waals surface area contributed by atoms with Crippen LogP contribution in [0.2, 0.25) is 0 Å². The number of hydrogen-bond acceptors (Lipinski definition) is 8. The van der Waals surface area contributed by atoms with Gasteiger partial charge in [0.25, 0.3) is 0 Å². The molecule has 1 aliphatic rings. The first-order chi connectivity index (χ1) is 14.7. The Labute approximate surface area is 179 Å². The van der Waals surface area contributed by atoms with Gasteiger partial charge in [0.15, 0.2) is 5.82 Å². The zero-order valence-corrected chi connectivity index (χ0v) is 17.7. The van der Waals surface area contributed by atoms with Gasteiger partial charge in [-0.05, 0) is 62.8 Å². The van der Waals surface area contributed by atoms with Crippen LogP contribution in [0.1, 0.15) is 48.5 Å². The first-order valence-corrected chi connectivity index (χ1v) is 11.1. The van der Waals surface area contributed by atoms with Crippen LogP contribution >= 0.6 is 11.3 Å². The molecule has 2 atom stereocenters. The van der Waals surface area contributed by atoms with Gasteiger partial charge in [0.2, 0.25) is 11.0 Å². The molecule has 0 spiro atoms. The quantitative estimate of drug-likeness (QED) is 0.571. The molecule has 2 N–H and O–H groups in total. The maximum absolute atomic E-state index is 12.1. The van der Waals surface area contributed by atoms with E-state index in [4.69, 9.17) is 0 Å². The average molecular weight is 424 g/mol. The molecule has 0 aliphatic heterocycles. The van der Waals surface area contributed by atoms with E-state index in [1.165, 1.54) is 0 Å². The summed E-state index contributed by atoms with van der Waals surface area (Å²) < 4.78 is 0. The van der Waals surface area contributed by atoms with Crippen LogP contribution in [0.4, 0.5) is 10.9 Å². The van der Waals surface area contributed by atoms with Gasteiger partial charge in [-0.1, -0.05) is 17.4 Å². The zero-order chi connectivity index (χ0) is 20.8. The predicted molar refractivity (Wildman–Crippen MR) is 116 cm³/mol. The minimum absolute atomic E-state index is 0.150. The topological polar surface area (TPSA) is 106 Å². The summed E-state index contributed by atoms with van der Waals surface area (Å²) in [4.78, 5) is 16.3. The van der Waals surface area contributed by atoms with Gasteiger partial charge in [-0.25, -0.2) is 0 Å². The summed E-state index contributed by atoms with van der Waals surface area (Å²) in [5.41, 5.74) is 1.68. The molecule has 156 valence electrons. The van der Waals surface area contributed by atoms with Crippen molar-refractivity contribution < 1.29 is 4.79 Å². The molecule has 4 rings (SSSR count). The molecular weight excluding hydrogens is 398 g/mol. The van der Waals surface area contributed by atoms with E-state index in [0.29, 0.717) is 17.7 Å². The van der Waals surface area contributed by atoms with Crippen molar-refractivity contribution in [2.75, 3.05) is 17.2 Å². The van der Waals surface area contributed by atoms with Crippen LogP contribution in [0.25, 0.3) is 0 Å². The molecule has 1 unspecified atom stereocenters. The van der Waals surface area contributed by atoms with Crippen molar-refractivity contribution in [3.63, 3.8) is 0 Å². The number of anilines is 2. The molecule has 1 fully saturated rings. The van der Waals surface area contributed by atoms with E-state index in [9.17, 15) is 4.79 Å². The van der Waals surface area contributed by atoms with E-state index in [2.05, 4.69) is 42.9 Å². The highest BCUT2D eigenvalue weighted by molar-refractivity contribution is 7.15. The Morgan fingerprint density at radius 1 is 1.10 bits per heavy atom. The number of carbonyl (C=O) groups is 1. The number of rotatable bonds is 8. The van der Waals surface area contributed by atoms with Crippen LogP contribution in [-0.4, -0.2) is 37.8 Å². The molecule has 8 nitrogen and oxygen atoms in total. The van der Waals surface area contributed by atoms with Gasteiger partial charge >= 0.3 is 0 Å². The van der Waals surface area contributed by atoms with Crippen LogP contribution in [0.3, 0.4) is 0 Å². The Hall–Kier alpha value is -2.94. The summed E-state index contributed by atoms with van der Waals surface area (Å²) in [5.74, 6) is 1.37. The first-order valence-electron chi connectivity index (χ1n) is 10.3. The maximum Gasteiger partial charge on any atom is 0.231 e. The number of hydrogen-bond donors (Lipinski definition) is 2. The molecule has 1 amide bonds. The highest BCUT2D eigenvalue weighted by Crippen LogP contribution is 2.41. The lowest BCUT2D eigenvalue weighted by Crippen LogP contribution is -2.16. The van der Waals surface area contributed by atoms with Gasteiger partial charge in [0, 0.05) is 24.4 Å². The van der Waals surface area contributed by atoms with Crippen molar-refractivity contribution in [2.45, 2.75) is 44.9 Å². The molecule has 3 heterocycles. The lowest BCUT2D eigenvalue weighted by atomic mass is 10.00. The fourth-order valence-electron chi connectivity index (χ4n) is 3.79. The van der Waals surface area contributed by atoms with Gasteiger partial charge in [0.05, 0.1) is 12.1 Å². The van der Waals surface area contributed by atoms with Crippen LogP contribution in [-0.2, 0) is 17.6 Å². The highest BCUT2D eigenvalue weighted by Gasteiger charge is 2.29. The van der Waals surface area contributed by atoms with E-state index in [-0.39, 0.29) is 12.3 Å². The van der Waals surface area contributed by atoms with E-state index >= 15 is 0 Å². The summed E-state index contributed by atoms with van der Waals surface area (Å²) in [6.07, 6.45) is 6.19. The van der Waals surface area contributed by atoms with Crippen molar-refractivity contribution in [1.29, 1.82) is 0 Å². The second kappa shape index (κ2) is 9.71. The lowest BCUT2D eigenvalue weighted by molar-refractivity contribution is -0.115. The van der Waals surface area contributed by atoms with Gasteiger partial charge in [-0.15, -0.1) is 15.3 Å². The highest BCUT2D eigenvalue weighted by atomic mass is 32.1. The molecule has 0 saturated heterocycles. The average Bonchev–Trinajstić information content (AvgIpc) is 3.40. The van der Waals surface area contributed by atoms with E-state index in [1.54, 1.807) is 17.5 Å². The van der Waals surface area contributed by atoms with Crippen molar-refractivity contribution >= 4 is 28.2 Å². The van der Waals surface area contributed by atoms with Crippen molar-refractivity contribution in [2.24, 2.45) is 5.92 Å². The SMILES string of the molecule is CCNc1nnc([C@@H]2CCC(Cc3ccc(NC(=O)Cc4ccccn4)nn3)C2)s1. The minimum atomic E-state index is -0.150. The molecule has 30 heavy (non-hydrogen) atoms. The third kappa shape index (κ3) is 5.35. The monoisotopic (exact) mass is 423 g/mol. The first kappa shape index (κ1) is 20.3. The van der Waals surface area contributed by atoms with E-state index < -0.39 is 0 Å². The Balaban J connectivity index is 1.27. The zero-order valence-electron chi connectivity index (χ0n) is 16.9. The molecule has 3 aromatic rings. The lowest BCUT2D eigenvalue weighted by Gasteiger charge is -2.09. The van der Waals surface area contributed by atoms with Gasteiger partial charge in [0.1, 0.15) is 5.01 Å². The largest absolute Gasteiger partial charge is 0.360 e. The Bertz CT molecular complexity index is 961. The van der Waals surface area contributed by atoms with E-state index in [1.807, 2.05) is 30.3 Å². The van der Waals surface area contributed by atoms with Crippen molar-refractivity contribution in [1.82, 2.24) is 25.4 Å². The molecular formula is C21H25N7OS. The normalized spacial score (nSPS) is 18.3. The van der Waals surface area contributed by atoms with Crippen molar-refractivity contribution in [3.05, 3.63) is 52.9 Å². The molecule has 3 aromatic heterocycles. The fraction of sp³-hybridized carbons (Fsp3) is 0.429. The van der Waals surface area contributed by atoms with E-state index in [0.717, 1.165) is 53.8 Å². The predicted octanol–water partition coefficient (Wildman–Crippen LogP) is 3.46. The minimum Gasteiger partial charge on any atom is -0.360 e. The van der Waals surface area contributed by atoms with Crippen molar-refractivity contribution in [3.8, 4) is 0 Å².